The predicted molar refractivity (Wildman–Crippen MR) is 85.4 cm³/mol. The molecular weight excluding hydrogens is 326 g/mol. The maximum atomic E-state index is 11.4. The molecule has 23 heavy (non-hydrogen) atoms. The van der Waals surface area contributed by atoms with Crippen LogP contribution in [0, 0.1) is 6.92 Å². The van der Waals surface area contributed by atoms with E-state index < -0.39 is 0 Å². The summed E-state index contributed by atoms with van der Waals surface area (Å²) in [5.74, 6) is 0.711. The van der Waals surface area contributed by atoms with Gasteiger partial charge < -0.3 is 25.8 Å². The number of anilines is 2. The molecule has 0 aliphatic carbocycles. The van der Waals surface area contributed by atoms with Crippen molar-refractivity contribution in [2.24, 2.45) is 0 Å². The molecule has 128 valence electrons. The van der Waals surface area contributed by atoms with Crippen molar-refractivity contribution < 1.29 is 19.4 Å². The molecule has 4 N–H and O–H groups in total. The molecule has 1 fully saturated rings. The number of nitrogens with one attached hydrogen (secondary N) is 1. The van der Waals surface area contributed by atoms with Crippen LogP contribution in [0.15, 0.2) is 0 Å². The number of morpholine rings is 1. The molecule has 1 saturated heterocycles. The first kappa shape index (κ1) is 18.9. The molecule has 10 heteroatoms. The van der Waals surface area contributed by atoms with Crippen LogP contribution in [-0.2, 0) is 14.3 Å². The third kappa shape index (κ3) is 5.87. The van der Waals surface area contributed by atoms with Gasteiger partial charge in [-0.1, -0.05) is 11.6 Å². The van der Waals surface area contributed by atoms with Gasteiger partial charge in [-0.25, -0.2) is 4.98 Å². The lowest BCUT2D eigenvalue weighted by Crippen LogP contribution is -2.47. The molecule has 1 aliphatic rings. The minimum Gasteiger partial charge on any atom is -0.483 e. The first-order chi connectivity index (χ1) is 10.9. The van der Waals surface area contributed by atoms with E-state index in [0.717, 1.165) is 0 Å². The SMILES string of the molecule is CC(=O)N1CCOC(CNc2nc(N)nc(C)c2Cl)C1.O=CO. The van der Waals surface area contributed by atoms with E-state index >= 15 is 0 Å². The smallest absolute Gasteiger partial charge is 0.290 e. The Balaban J connectivity index is 0.000000816. The highest BCUT2D eigenvalue weighted by Gasteiger charge is 2.22. The van der Waals surface area contributed by atoms with E-state index in [4.69, 9.17) is 32.0 Å². The number of carbonyl (C=O) groups excluding carboxylic acids is 1. The number of aromatic nitrogens is 2. The Bertz CT molecular complexity index is 557. The highest BCUT2D eigenvalue weighted by atomic mass is 35.5. The average molecular weight is 346 g/mol. The quantitative estimate of drug-likeness (QED) is 0.670. The molecule has 9 nitrogen and oxygen atoms in total. The van der Waals surface area contributed by atoms with Gasteiger partial charge in [0.1, 0.15) is 5.02 Å². The molecular formula is C13H20ClN5O4. The summed E-state index contributed by atoms with van der Waals surface area (Å²) in [5.41, 5.74) is 6.22. The van der Waals surface area contributed by atoms with Crippen LogP contribution in [0.3, 0.4) is 0 Å². The van der Waals surface area contributed by atoms with Crippen molar-refractivity contribution in [1.82, 2.24) is 14.9 Å². The van der Waals surface area contributed by atoms with Crippen molar-refractivity contribution >= 4 is 35.7 Å². The number of amides is 1. The molecule has 0 saturated carbocycles. The van der Waals surface area contributed by atoms with Gasteiger partial charge in [-0.2, -0.15) is 4.98 Å². The molecule has 0 spiro atoms. The minimum absolute atomic E-state index is 0.0541. The summed E-state index contributed by atoms with van der Waals surface area (Å²) in [7, 11) is 0. The minimum atomic E-state index is -0.250. The second-order valence-corrected chi connectivity index (χ2v) is 5.15. The number of nitrogen functional groups attached to an aromatic ring is 1. The van der Waals surface area contributed by atoms with Crippen LogP contribution in [0.1, 0.15) is 12.6 Å². The Morgan fingerprint density at radius 1 is 1.61 bits per heavy atom. The molecule has 1 unspecified atom stereocenters. The van der Waals surface area contributed by atoms with Crippen LogP contribution in [0.2, 0.25) is 5.02 Å². The summed E-state index contributed by atoms with van der Waals surface area (Å²) in [6.07, 6.45) is -0.0970. The van der Waals surface area contributed by atoms with Crippen molar-refractivity contribution in [2.45, 2.75) is 20.0 Å². The van der Waals surface area contributed by atoms with E-state index in [1.54, 1.807) is 18.7 Å². The highest BCUT2D eigenvalue weighted by molar-refractivity contribution is 6.33. The summed E-state index contributed by atoms with van der Waals surface area (Å²) >= 11 is 6.11. The number of hydrogen-bond donors (Lipinski definition) is 3. The second kappa shape index (κ2) is 9.11. The largest absolute Gasteiger partial charge is 0.483 e. The molecule has 0 bridgehead atoms. The summed E-state index contributed by atoms with van der Waals surface area (Å²) < 4.78 is 5.61. The number of hydrogen-bond acceptors (Lipinski definition) is 7. The molecule has 0 aromatic carbocycles. The Morgan fingerprint density at radius 2 is 2.26 bits per heavy atom. The van der Waals surface area contributed by atoms with Gasteiger partial charge in [-0.05, 0) is 6.92 Å². The number of aryl methyl sites for hydroxylation is 1. The zero-order chi connectivity index (χ0) is 17.4. The topological polar surface area (TPSA) is 131 Å². The molecule has 1 aromatic heterocycles. The number of nitrogens with zero attached hydrogens (tertiary/aromatic N) is 3. The molecule has 1 amide bonds. The van der Waals surface area contributed by atoms with Crippen LogP contribution >= 0.6 is 11.6 Å². The summed E-state index contributed by atoms with van der Waals surface area (Å²) in [6.45, 7) is 5.29. The fraction of sp³-hybridized carbons (Fsp3) is 0.538. The van der Waals surface area contributed by atoms with E-state index in [2.05, 4.69) is 15.3 Å². The third-order valence-electron chi connectivity index (χ3n) is 3.12. The number of rotatable bonds is 3. The summed E-state index contributed by atoms with van der Waals surface area (Å²) in [4.78, 5) is 29.5. The average Bonchev–Trinajstić information content (AvgIpc) is 2.50. The van der Waals surface area contributed by atoms with E-state index in [-0.39, 0.29) is 24.4 Å². The third-order valence-corrected chi connectivity index (χ3v) is 3.57. The lowest BCUT2D eigenvalue weighted by Gasteiger charge is -2.32. The van der Waals surface area contributed by atoms with Crippen molar-refractivity contribution in [3.8, 4) is 0 Å². The van der Waals surface area contributed by atoms with E-state index in [9.17, 15) is 4.79 Å². The standard InChI is InChI=1S/C12H18ClN5O2.CH2O2/c1-7-10(13)11(17-12(14)16-7)15-5-9-6-18(8(2)19)3-4-20-9;2-1-3/h9H,3-6H2,1-2H3,(H3,14,15,16,17);1H,(H,2,3). The number of nitrogens with two attached hydrogens (primary N) is 1. The van der Waals surface area contributed by atoms with Crippen molar-refractivity contribution in [3.63, 3.8) is 0 Å². The van der Waals surface area contributed by atoms with Crippen molar-refractivity contribution in [2.75, 3.05) is 37.3 Å². The number of carbonyl (C=O) groups is 2. The Kier molecular flexibility index (Phi) is 7.49. The first-order valence-corrected chi connectivity index (χ1v) is 7.25. The van der Waals surface area contributed by atoms with Gasteiger partial charge in [0.25, 0.3) is 6.47 Å². The van der Waals surface area contributed by atoms with Gasteiger partial charge in [0.2, 0.25) is 11.9 Å². The van der Waals surface area contributed by atoms with Crippen LogP contribution < -0.4 is 11.1 Å². The van der Waals surface area contributed by atoms with Gasteiger partial charge in [-0.3, -0.25) is 9.59 Å². The zero-order valence-corrected chi connectivity index (χ0v) is 13.7. The Morgan fingerprint density at radius 3 is 2.87 bits per heavy atom. The summed E-state index contributed by atoms with van der Waals surface area (Å²) in [5, 5.41) is 10.4. The lowest BCUT2D eigenvalue weighted by atomic mass is 10.2. The maximum Gasteiger partial charge on any atom is 0.290 e. The Hall–Kier alpha value is -2.13. The van der Waals surface area contributed by atoms with E-state index in [1.165, 1.54) is 0 Å². The molecule has 1 aromatic rings. The van der Waals surface area contributed by atoms with Gasteiger partial charge in [0.05, 0.1) is 18.4 Å². The summed E-state index contributed by atoms with van der Waals surface area (Å²) in [6, 6.07) is 0. The molecule has 2 heterocycles. The fourth-order valence-electron chi connectivity index (χ4n) is 2.04. The van der Waals surface area contributed by atoms with E-state index in [0.29, 0.717) is 42.8 Å². The monoisotopic (exact) mass is 345 g/mol. The normalized spacial score (nSPS) is 17.0. The number of ether oxygens (including phenoxy) is 1. The predicted octanol–water partition coefficient (Wildman–Crippen LogP) is 0.381. The number of carboxylic acid groups (broad SMARTS) is 1. The van der Waals surface area contributed by atoms with Crippen LogP contribution in [-0.4, -0.2) is 64.7 Å². The maximum absolute atomic E-state index is 11.4. The first-order valence-electron chi connectivity index (χ1n) is 6.87. The van der Waals surface area contributed by atoms with Gasteiger partial charge in [0.15, 0.2) is 5.82 Å². The van der Waals surface area contributed by atoms with Crippen molar-refractivity contribution in [1.29, 1.82) is 0 Å². The molecule has 1 atom stereocenters. The van der Waals surface area contributed by atoms with Crippen LogP contribution in [0.4, 0.5) is 11.8 Å². The van der Waals surface area contributed by atoms with Gasteiger partial charge in [-0.15, -0.1) is 0 Å². The molecule has 0 radical (unpaired) electrons. The van der Waals surface area contributed by atoms with Crippen molar-refractivity contribution in [3.05, 3.63) is 10.7 Å². The highest BCUT2D eigenvalue weighted by Crippen LogP contribution is 2.23. The van der Waals surface area contributed by atoms with Crippen LogP contribution in [0.5, 0.6) is 0 Å². The molecule has 2 rings (SSSR count). The number of halogens is 1. The van der Waals surface area contributed by atoms with E-state index in [1.807, 2.05) is 0 Å². The zero-order valence-electron chi connectivity index (χ0n) is 13.0. The van der Waals surface area contributed by atoms with Gasteiger partial charge in [0, 0.05) is 26.6 Å². The fourth-order valence-corrected chi connectivity index (χ4v) is 2.19. The Labute approximate surface area is 138 Å². The second-order valence-electron chi connectivity index (χ2n) is 4.77. The molecule has 1 aliphatic heterocycles. The lowest BCUT2D eigenvalue weighted by molar-refractivity contribution is -0.135. The van der Waals surface area contributed by atoms with Crippen LogP contribution in [0.25, 0.3) is 0 Å². The van der Waals surface area contributed by atoms with Gasteiger partial charge >= 0.3 is 0 Å².